The topological polar surface area (TPSA) is 46.2 Å². The molecule has 0 aromatic heterocycles. The maximum absolute atomic E-state index is 11.7. The monoisotopic (exact) mass is 293 g/mol. The fourth-order valence-corrected chi connectivity index (χ4v) is 3.33. The minimum atomic E-state index is -3.09. The van der Waals surface area contributed by atoms with Crippen molar-refractivity contribution in [1.29, 1.82) is 0 Å². The summed E-state index contributed by atoms with van der Waals surface area (Å²) in [4.78, 5) is 0.403. The van der Waals surface area contributed by atoms with Gasteiger partial charge < -0.3 is 5.32 Å². The zero-order valence-corrected chi connectivity index (χ0v) is 12.9. The van der Waals surface area contributed by atoms with E-state index in [1.165, 1.54) is 25.7 Å². The van der Waals surface area contributed by atoms with Gasteiger partial charge in [0, 0.05) is 12.2 Å². The summed E-state index contributed by atoms with van der Waals surface area (Å²) in [6, 6.07) is 7.05. The minimum Gasteiger partial charge on any atom is -0.385 e. The summed E-state index contributed by atoms with van der Waals surface area (Å²) in [5, 5.41) is 3.35. The first-order valence-electron chi connectivity index (χ1n) is 7.36. The van der Waals surface area contributed by atoms with E-state index in [-0.39, 0.29) is 5.75 Å². The SMILES string of the molecule is CCS(=O)(=O)c1ccc(NCCC2=CCCCC2)cc1. The highest BCUT2D eigenvalue weighted by Crippen LogP contribution is 2.20. The third-order valence-electron chi connectivity index (χ3n) is 3.75. The van der Waals surface area contributed by atoms with Crippen LogP contribution in [0.1, 0.15) is 39.0 Å². The molecule has 0 amide bonds. The van der Waals surface area contributed by atoms with Crippen LogP contribution in [0.15, 0.2) is 40.8 Å². The van der Waals surface area contributed by atoms with Gasteiger partial charge in [-0.1, -0.05) is 18.6 Å². The molecule has 0 bridgehead atoms. The van der Waals surface area contributed by atoms with Crippen LogP contribution in [0.2, 0.25) is 0 Å². The predicted octanol–water partition coefficient (Wildman–Crippen LogP) is 3.78. The average molecular weight is 293 g/mol. The highest BCUT2D eigenvalue weighted by atomic mass is 32.2. The lowest BCUT2D eigenvalue weighted by atomic mass is 9.97. The van der Waals surface area contributed by atoms with E-state index in [9.17, 15) is 8.42 Å². The fourth-order valence-electron chi connectivity index (χ4n) is 2.45. The van der Waals surface area contributed by atoms with E-state index in [4.69, 9.17) is 0 Å². The molecule has 0 radical (unpaired) electrons. The van der Waals surface area contributed by atoms with Crippen LogP contribution < -0.4 is 5.32 Å². The zero-order chi connectivity index (χ0) is 14.4. The van der Waals surface area contributed by atoms with Gasteiger partial charge in [-0.3, -0.25) is 0 Å². The Labute approximate surface area is 122 Å². The zero-order valence-electron chi connectivity index (χ0n) is 12.1. The van der Waals surface area contributed by atoms with Crippen LogP contribution in [-0.4, -0.2) is 20.7 Å². The molecule has 1 aliphatic rings. The molecule has 0 saturated heterocycles. The third kappa shape index (κ3) is 4.10. The number of sulfone groups is 1. The number of nitrogens with one attached hydrogen (secondary N) is 1. The van der Waals surface area contributed by atoms with Gasteiger partial charge in [-0.15, -0.1) is 0 Å². The molecular formula is C16H23NO2S. The Hall–Kier alpha value is -1.29. The van der Waals surface area contributed by atoms with Crippen molar-refractivity contribution in [3.8, 4) is 0 Å². The Morgan fingerprint density at radius 1 is 1.15 bits per heavy atom. The van der Waals surface area contributed by atoms with Gasteiger partial charge in [0.05, 0.1) is 10.6 Å². The van der Waals surface area contributed by atoms with Crippen LogP contribution in [0.3, 0.4) is 0 Å². The number of anilines is 1. The number of rotatable bonds is 6. The molecule has 110 valence electrons. The molecule has 4 heteroatoms. The summed E-state index contributed by atoms with van der Waals surface area (Å²) in [5.74, 6) is 0.147. The lowest BCUT2D eigenvalue weighted by molar-refractivity contribution is 0.597. The number of allylic oxidation sites excluding steroid dienone is 1. The second-order valence-corrected chi connectivity index (χ2v) is 7.49. The lowest BCUT2D eigenvalue weighted by Gasteiger charge is -2.13. The second-order valence-electron chi connectivity index (χ2n) is 5.21. The molecule has 0 heterocycles. The Morgan fingerprint density at radius 2 is 1.90 bits per heavy atom. The highest BCUT2D eigenvalue weighted by molar-refractivity contribution is 7.91. The molecule has 0 unspecified atom stereocenters. The van der Waals surface area contributed by atoms with Crippen molar-refractivity contribution in [1.82, 2.24) is 0 Å². The normalized spacial score (nSPS) is 15.8. The summed E-state index contributed by atoms with van der Waals surface area (Å²) in [7, 11) is -3.09. The fraction of sp³-hybridized carbons (Fsp3) is 0.500. The lowest BCUT2D eigenvalue weighted by Crippen LogP contribution is -2.06. The molecule has 0 spiro atoms. The van der Waals surface area contributed by atoms with Crippen LogP contribution in [0.4, 0.5) is 5.69 Å². The number of hydrogen-bond acceptors (Lipinski definition) is 3. The average Bonchev–Trinajstić information content (AvgIpc) is 2.49. The first-order chi connectivity index (χ1) is 9.62. The van der Waals surface area contributed by atoms with Crippen LogP contribution in [0.5, 0.6) is 0 Å². The molecule has 1 aromatic rings. The van der Waals surface area contributed by atoms with Crippen molar-refractivity contribution in [2.24, 2.45) is 0 Å². The first kappa shape index (κ1) is 15.1. The summed E-state index contributed by atoms with van der Waals surface area (Å²) in [6.07, 6.45) is 8.53. The van der Waals surface area contributed by atoms with Crippen molar-refractivity contribution in [2.75, 3.05) is 17.6 Å². The van der Waals surface area contributed by atoms with Crippen LogP contribution in [0, 0.1) is 0 Å². The molecule has 0 fully saturated rings. The largest absolute Gasteiger partial charge is 0.385 e. The maximum atomic E-state index is 11.7. The minimum absolute atomic E-state index is 0.147. The summed E-state index contributed by atoms with van der Waals surface area (Å²) >= 11 is 0. The molecule has 0 aliphatic heterocycles. The summed E-state index contributed by atoms with van der Waals surface area (Å²) in [6.45, 7) is 2.57. The molecule has 1 aliphatic carbocycles. The van der Waals surface area contributed by atoms with Gasteiger partial charge in [-0.2, -0.15) is 0 Å². The van der Waals surface area contributed by atoms with Crippen molar-refractivity contribution >= 4 is 15.5 Å². The molecule has 1 N–H and O–H groups in total. The maximum Gasteiger partial charge on any atom is 0.178 e. The molecule has 1 aromatic carbocycles. The van der Waals surface area contributed by atoms with Gasteiger partial charge in [-0.25, -0.2) is 8.42 Å². The van der Waals surface area contributed by atoms with Crippen LogP contribution in [-0.2, 0) is 9.84 Å². The third-order valence-corrected chi connectivity index (χ3v) is 5.50. The Morgan fingerprint density at radius 3 is 2.50 bits per heavy atom. The van der Waals surface area contributed by atoms with Crippen molar-refractivity contribution in [2.45, 2.75) is 43.9 Å². The van der Waals surface area contributed by atoms with E-state index < -0.39 is 9.84 Å². The van der Waals surface area contributed by atoms with Crippen LogP contribution in [0.25, 0.3) is 0 Å². The molecule has 3 nitrogen and oxygen atoms in total. The first-order valence-corrected chi connectivity index (χ1v) is 9.01. The molecule has 2 rings (SSSR count). The quantitative estimate of drug-likeness (QED) is 0.812. The number of benzene rings is 1. The molecular weight excluding hydrogens is 270 g/mol. The van der Waals surface area contributed by atoms with Gasteiger partial charge in [-0.05, 0) is 56.4 Å². The van der Waals surface area contributed by atoms with E-state index in [0.29, 0.717) is 4.90 Å². The Kier molecular flexibility index (Phi) is 5.24. The van der Waals surface area contributed by atoms with Gasteiger partial charge in [0.2, 0.25) is 0 Å². The summed E-state index contributed by atoms with van der Waals surface area (Å²) in [5.41, 5.74) is 2.53. The van der Waals surface area contributed by atoms with Gasteiger partial charge >= 0.3 is 0 Å². The Balaban J connectivity index is 1.86. The van der Waals surface area contributed by atoms with E-state index in [0.717, 1.165) is 18.7 Å². The van der Waals surface area contributed by atoms with Crippen molar-refractivity contribution in [3.63, 3.8) is 0 Å². The second kappa shape index (κ2) is 6.93. The predicted molar refractivity (Wildman–Crippen MR) is 83.8 cm³/mol. The Bertz CT molecular complexity index is 559. The van der Waals surface area contributed by atoms with Gasteiger partial charge in [0.1, 0.15) is 0 Å². The highest BCUT2D eigenvalue weighted by Gasteiger charge is 2.10. The van der Waals surface area contributed by atoms with E-state index in [1.54, 1.807) is 24.6 Å². The molecule has 20 heavy (non-hydrogen) atoms. The van der Waals surface area contributed by atoms with Crippen molar-refractivity contribution in [3.05, 3.63) is 35.9 Å². The van der Waals surface area contributed by atoms with E-state index in [2.05, 4.69) is 11.4 Å². The molecule has 0 atom stereocenters. The summed E-state index contributed by atoms with van der Waals surface area (Å²) < 4.78 is 23.4. The van der Waals surface area contributed by atoms with Crippen LogP contribution >= 0.6 is 0 Å². The molecule has 0 saturated carbocycles. The van der Waals surface area contributed by atoms with E-state index in [1.807, 2.05) is 12.1 Å². The van der Waals surface area contributed by atoms with Gasteiger partial charge in [0.25, 0.3) is 0 Å². The standard InChI is InChI=1S/C16H23NO2S/c1-2-20(18,19)16-10-8-15(9-11-16)17-13-12-14-6-4-3-5-7-14/h6,8-11,17H,2-5,7,12-13H2,1H3. The van der Waals surface area contributed by atoms with Crippen molar-refractivity contribution < 1.29 is 8.42 Å². The van der Waals surface area contributed by atoms with E-state index >= 15 is 0 Å². The number of hydrogen-bond donors (Lipinski definition) is 1. The smallest absolute Gasteiger partial charge is 0.178 e. The van der Waals surface area contributed by atoms with Gasteiger partial charge in [0.15, 0.2) is 9.84 Å².